The summed E-state index contributed by atoms with van der Waals surface area (Å²) in [5, 5.41) is 0. The molecule has 0 fully saturated rings. The maximum absolute atomic E-state index is 11.0. The van der Waals surface area contributed by atoms with E-state index < -0.39 is 0 Å². The molecule has 0 aliphatic rings. The third-order valence-electron chi connectivity index (χ3n) is 1.91. The zero-order chi connectivity index (χ0) is 10.4. The standard InChI is InChI=1S/C12H15NO/c1-3-4-5-6-7-11-10(2)8-9-12(14)13-11/h4-9H,3H2,1-2H3,(H,13,14)/b5-4+,7-6-. The lowest BCUT2D eigenvalue weighted by Gasteiger charge is -1.97. The monoisotopic (exact) mass is 189 g/mol. The number of hydrogen-bond acceptors (Lipinski definition) is 1. The Morgan fingerprint density at radius 2 is 2.14 bits per heavy atom. The number of hydrogen-bond donors (Lipinski definition) is 1. The zero-order valence-electron chi connectivity index (χ0n) is 8.58. The third-order valence-corrected chi connectivity index (χ3v) is 1.91. The van der Waals surface area contributed by atoms with Crippen LogP contribution in [-0.4, -0.2) is 4.98 Å². The van der Waals surface area contributed by atoms with Gasteiger partial charge < -0.3 is 4.98 Å². The molecule has 0 spiro atoms. The SMILES string of the molecule is CC/C=C/C=C\c1[nH]c(=O)ccc1C. The normalized spacial score (nSPS) is 11.6. The Morgan fingerprint density at radius 3 is 2.86 bits per heavy atom. The number of pyridine rings is 1. The molecule has 0 radical (unpaired) electrons. The number of aryl methyl sites for hydroxylation is 1. The van der Waals surface area contributed by atoms with Crippen LogP contribution in [0, 0.1) is 6.92 Å². The number of rotatable bonds is 3. The van der Waals surface area contributed by atoms with Gasteiger partial charge in [0.25, 0.3) is 0 Å². The molecule has 2 heteroatoms. The van der Waals surface area contributed by atoms with Gasteiger partial charge >= 0.3 is 0 Å². The Labute approximate surface area is 84.0 Å². The van der Waals surface area contributed by atoms with Gasteiger partial charge in [-0.25, -0.2) is 0 Å². The first-order valence-corrected chi connectivity index (χ1v) is 4.77. The van der Waals surface area contributed by atoms with E-state index in [2.05, 4.69) is 18.0 Å². The summed E-state index contributed by atoms with van der Waals surface area (Å²) >= 11 is 0. The Bertz CT molecular complexity index is 399. The lowest BCUT2D eigenvalue weighted by atomic mass is 10.2. The fourth-order valence-corrected chi connectivity index (χ4v) is 1.10. The topological polar surface area (TPSA) is 32.9 Å². The summed E-state index contributed by atoms with van der Waals surface area (Å²) in [6, 6.07) is 3.36. The Morgan fingerprint density at radius 1 is 1.36 bits per heavy atom. The smallest absolute Gasteiger partial charge is 0.248 e. The number of aromatic nitrogens is 1. The second kappa shape index (κ2) is 5.22. The van der Waals surface area contributed by atoms with E-state index in [1.807, 2.05) is 31.2 Å². The molecule has 0 aliphatic carbocycles. The van der Waals surface area contributed by atoms with Gasteiger partial charge in [-0.1, -0.05) is 31.2 Å². The molecule has 0 aliphatic heterocycles. The average molecular weight is 189 g/mol. The van der Waals surface area contributed by atoms with Gasteiger partial charge in [0.2, 0.25) is 5.56 Å². The van der Waals surface area contributed by atoms with Crippen LogP contribution in [-0.2, 0) is 0 Å². The van der Waals surface area contributed by atoms with Crippen molar-refractivity contribution in [1.29, 1.82) is 0 Å². The van der Waals surface area contributed by atoms with E-state index in [9.17, 15) is 4.79 Å². The van der Waals surface area contributed by atoms with Crippen molar-refractivity contribution in [3.63, 3.8) is 0 Å². The predicted octanol–water partition coefficient (Wildman–Crippen LogP) is 2.66. The molecule has 0 bridgehead atoms. The van der Waals surface area contributed by atoms with Gasteiger partial charge in [0.1, 0.15) is 0 Å². The minimum atomic E-state index is -0.0604. The molecule has 74 valence electrons. The van der Waals surface area contributed by atoms with Gasteiger partial charge in [-0.2, -0.15) is 0 Å². The van der Waals surface area contributed by atoms with E-state index in [1.165, 1.54) is 6.07 Å². The first-order chi connectivity index (χ1) is 6.74. The number of allylic oxidation sites excluding steroid dienone is 3. The Hall–Kier alpha value is -1.57. The van der Waals surface area contributed by atoms with Crippen molar-refractivity contribution in [2.24, 2.45) is 0 Å². The molecule has 0 saturated carbocycles. The maximum Gasteiger partial charge on any atom is 0.248 e. The second-order valence-electron chi connectivity index (χ2n) is 3.11. The van der Waals surface area contributed by atoms with Gasteiger partial charge in [-0.3, -0.25) is 4.79 Å². The molecule has 0 atom stereocenters. The van der Waals surface area contributed by atoms with Gasteiger partial charge in [0, 0.05) is 11.8 Å². The van der Waals surface area contributed by atoms with Crippen LogP contribution in [0.1, 0.15) is 24.6 Å². The lowest BCUT2D eigenvalue weighted by molar-refractivity contribution is 1.17. The molecule has 1 heterocycles. The summed E-state index contributed by atoms with van der Waals surface area (Å²) in [7, 11) is 0. The summed E-state index contributed by atoms with van der Waals surface area (Å²) in [6.45, 7) is 4.05. The van der Waals surface area contributed by atoms with E-state index in [-0.39, 0.29) is 5.56 Å². The van der Waals surface area contributed by atoms with Crippen molar-refractivity contribution < 1.29 is 0 Å². The van der Waals surface area contributed by atoms with Gasteiger partial charge in [0.05, 0.1) is 0 Å². The lowest BCUT2D eigenvalue weighted by Crippen LogP contribution is -2.05. The summed E-state index contributed by atoms with van der Waals surface area (Å²) in [5.74, 6) is 0. The Balaban J connectivity index is 2.85. The van der Waals surface area contributed by atoms with Crippen LogP contribution in [0.15, 0.2) is 35.2 Å². The van der Waals surface area contributed by atoms with Crippen LogP contribution in [0.4, 0.5) is 0 Å². The van der Waals surface area contributed by atoms with Crippen molar-refractivity contribution in [3.8, 4) is 0 Å². The molecule has 0 saturated heterocycles. The van der Waals surface area contributed by atoms with E-state index in [0.717, 1.165) is 17.7 Å². The fraction of sp³-hybridized carbons (Fsp3) is 0.250. The summed E-state index contributed by atoms with van der Waals surface area (Å²) < 4.78 is 0. The summed E-state index contributed by atoms with van der Waals surface area (Å²) in [6.07, 6.45) is 8.90. The molecule has 1 rings (SSSR count). The van der Waals surface area contributed by atoms with Crippen molar-refractivity contribution in [2.75, 3.05) is 0 Å². The summed E-state index contributed by atoms with van der Waals surface area (Å²) in [5.41, 5.74) is 1.89. The molecular formula is C12H15NO. The maximum atomic E-state index is 11.0. The molecule has 1 N–H and O–H groups in total. The van der Waals surface area contributed by atoms with E-state index in [0.29, 0.717) is 0 Å². The highest BCUT2D eigenvalue weighted by Gasteiger charge is 1.92. The van der Waals surface area contributed by atoms with E-state index >= 15 is 0 Å². The van der Waals surface area contributed by atoms with Crippen LogP contribution in [0.2, 0.25) is 0 Å². The highest BCUT2D eigenvalue weighted by atomic mass is 16.1. The molecule has 1 aromatic rings. The molecule has 0 aromatic carbocycles. The fourth-order valence-electron chi connectivity index (χ4n) is 1.10. The zero-order valence-corrected chi connectivity index (χ0v) is 8.58. The minimum Gasteiger partial charge on any atom is -0.322 e. The van der Waals surface area contributed by atoms with Crippen molar-refractivity contribution >= 4 is 6.08 Å². The summed E-state index contributed by atoms with van der Waals surface area (Å²) in [4.78, 5) is 13.8. The van der Waals surface area contributed by atoms with E-state index in [4.69, 9.17) is 0 Å². The molecular weight excluding hydrogens is 174 g/mol. The van der Waals surface area contributed by atoms with Crippen LogP contribution < -0.4 is 5.56 Å². The first-order valence-electron chi connectivity index (χ1n) is 4.77. The number of H-pyrrole nitrogens is 1. The van der Waals surface area contributed by atoms with E-state index in [1.54, 1.807) is 0 Å². The molecule has 1 aromatic heterocycles. The van der Waals surface area contributed by atoms with Crippen LogP contribution in [0.5, 0.6) is 0 Å². The minimum absolute atomic E-state index is 0.0604. The first kappa shape index (κ1) is 10.5. The van der Waals surface area contributed by atoms with Gasteiger partial charge in [-0.15, -0.1) is 0 Å². The molecule has 0 amide bonds. The van der Waals surface area contributed by atoms with Crippen LogP contribution in [0.3, 0.4) is 0 Å². The van der Waals surface area contributed by atoms with Crippen molar-refractivity contribution in [3.05, 3.63) is 52.0 Å². The largest absolute Gasteiger partial charge is 0.322 e. The third kappa shape index (κ3) is 3.05. The van der Waals surface area contributed by atoms with Crippen LogP contribution >= 0.6 is 0 Å². The molecule has 0 unspecified atom stereocenters. The van der Waals surface area contributed by atoms with Gasteiger partial charge in [0.15, 0.2) is 0 Å². The quantitative estimate of drug-likeness (QED) is 0.728. The number of nitrogens with one attached hydrogen (secondary N) is 1. The van der Waals surface area contributed by atoms with Crippen molar-refractivity contribution in [2.45, 2.75) is 20.3 Å². The number of aromatic amines is 1. The highest BCUT2D eigenvalue weighted by molar-refractivity contribution is 5.50. The predicted molar refractivity (Wildman–Crippen MR) is 60.3 cm³/mol. The molecule has 2 nitrogen and oxygen atoms in total. The highest BCUT2D eigenvalue weighted by Crippen LogP contribution is 2.02. The van der Waals surface area contributed by atoms with Crippen molar-refractivity contribution in [1.82, 2.24) is 4.98 Å². The molecule has 14 heavy (non-hydrogen) atoms. The van der Waals surface area contributed by atoms with Gasteiger partial charge in [-0.05, 0) is 25.0 Å². The second-order valence-corrected chi connectivity index (χ2v) is 3.11. The van der Waals surface area contributed by atoms with Crippen LogP contribution in [0.25, 0.3) is 6.08 Å². The average Bonchev–Trinajstić information content (AvgIpc) is 2.18. The Kier molecular flexibility index (Phi) is 3.92.